The van der Waals surface area contributed by atoms with E-state index in [2.05, 4.69) is 36.0 Å². The molecule has 0 saturated heterocycles. The first-order valence-corrected chi connectivity index (χ1v) is 7.69. The summed E-state index contributed by atoms with van der Waals surface area (Å²) in [5, 5.41) is 5.43. The molecule has 20 heavy (non-hydrogen) atoms. The summed E-state index contributed by atoms with van der Waals surface area (Å²) < 4.78 is 7.83. The van der Waals surface area contributed by atoms with Crippen LogP contribution in [-0.4, -0.2) is 24.3 Å². The summed E-state index contributed by atoms with van der Waals surface area (Å²) in [7, 11) is 0. The molecule has 0 aliphatic rings. The van der Waals surface area contributed by atoms with Gasteiger partial charge in [-0.2, -0.15) is 0 Å². The SMILES string of the molecule is CCCOCCn1cc(CNCC)c2ccc(Cl)cc21. The van der Waals surface area contributed by atoms with Crippen LogP contribution in [-0.2, 0) is 17.8 Å². The van der Waals surface area contributed by atoms with E-state index in [9.17, 15) is 0 Å². The van der Waals surface area contributed by atoms with Crippen LogP contribution in [0.25, 0.3) is 10.9 Å². The fourth-order valence-electron chi connectivity index (χ4n) is 2.34. The molecule has 2 rings (SSSR count). The fraction of sp³-hybridized carbons (Fsp3) is 0.500. The zero-order valence-corrected chi connectivity index (χ0v) is 13.0. The lowest BCUT2D eigenvalue weighted by atomic mass is 10.2. The molecule has 0 aliphatic heterocycles. The molecule has 0 saturated carbocycles. The summed E-state index contributed by atoms with van der Waals surface area (Å²) >= 11 is 6.13. The van der Waals surface area contributed by atoms with Gasteiger partial charge in [0.25, 0.3) is 0 Å². The van der Waals surface area contributed by atoms with Gasteiger partial charge < -0.3 is 14.6 Å². The molecule has 0 radical (unpaired) electrons. The molecule has 0 bridgehead atoms. The maximum Gasteiger partial charge on any atom is 0.0645 e. The van der Waals surface area contributed by atoms with Crippen molar-refractivity contribution in [1.29, 1.82) is 0 Å². The largest absolute Gasteiger partial charge is 0.380 e. The number of hydrogen-bond acceptors (Lipinski definition) is 2. The van der Waals surface area contributed by atoms with Crippen LogP contribution in [0.5, 0.6) is 0 Å². The summed E-state index contributed by atoms with van der Waals surface area (Å²) in [6.45, 7) is 8.53. The van der Waals surface area contributed by atoms with Gasteiger partial charge in [0, 0.05) is 41.8 Å². The molecular weight excluding hydrogens is 272 g/mol. The Labute approximate surface area is 125 Å². The highest BCUT2D eigenvalue weighted by Gasteiger charge is 2.08. The first-order valence-electron chi connectivity index (χ1n) is 7.32. The van der Waals surface area contributed by atoms with Crippen LogP contribution in [0, 0.1) is 0 Å². The Kier molecular flexibility index (Phi) is 5.89. The average molecular weight is 295 g/mol. The van der Waals surface area contributed by atoms with Crippen LogP contribution in [0.1, 0.15) is 25.8 Å². The Morgan fingerprint density at radius 2 is 2.10 bits per heavy atom. The van der Waals surface area contributed by atoms with Gasteiger partial charge in [0.2, 0.25) is 0 Å². The number of rotatable bonds is 8. The molecule has 0 amide bonds. The highest BCUT2D eigenvalue weighted by atomic mass is 35.5. The average Bonchev–Trinajstić information content (AvgIpc) is 2.79. The number of halogens is 1. The van der Waals surface area contributed by atoms with E-state index in [-0.39, 0.29) is 0 Å². The molecule has 0 aliphatic carbocycles. The van der Waals surface area contributed by atoms with E-state index in [0.29, 0.717) is 0 Å². The molecule has 0 spiro atoms. The monoisotopic (exact) mass is 294 g/mol. The van der Waals surface area contributed by atoms with E-state index in [1.807, 2.05) is 12.1 Å². The van der Waals surface area contributed by atoms with Crippen molar-refractivity contribution in [2.75, 3.05) is 19.8 Å². The van der Waals surface area contributed by atoms with Crippen molar-refractivity contribution in [1.82, 2.24) is 9.88 Å². The predicted molar refractivity (Wildman–Crippen MR) is 85.4 cm³/mol. The number of ether oxygens (including phenoxy) is 1. The third kappa shape index (κ3) is 3.75. The van der Waals surface area contributed by atoms with Crippen molar-refractivity contribution < 1.29 is 4.74 Å². The number of nitrogens with zero attached hydrogens (tertiary/aromatic N) is 1. The molecule has 1 aromatic carbocycles. The van der Waals surface area contributed by atoms with Gasteiger partial charge in [0.1, 0.15) is 0 Å². The van der Waals surface area contributed by atoms with Crippen LogP contribution in [0.4, 0.5) is 0 Å². The summed E-state index contributed by atoms with van der Waals surface area (Å²) in [5.41, 5.74) is 2.50. The van der Waals surface area contributed by atoms with Crippen LogP contribution < -0.4 is 5.32 Å². The maximum atomic E-state index is 6.13. The zero-order valence-electron chi connectivity index (χ0n) is 12.3. The molecule has 0 atom stereocenters. The first-order chi connectivity index (χ1) is 9.76. The van der Waals surface area contributed by atoms with Crippen LogP contribution in [0.15, 0.2) is 24.4 Å². The van der Waals surface area contributed by atoms with Crippen LogP contribution >= 0.6 is 11.6 Å². The number of aromatic nitrogens is 1. The van der Waals surface area contributed by atoms with Crippen molar-refractivity contribution >= 4 is 22.5 Å². The minimum Gasteiger partial charge on any atom is -0.380 e. The molecule has 110 valence electrons. The molecular formula is C16H23ClN2O. The summed E-state index contributed by atoms with van der Waals surface area (Å²) in [6.07, 6.45) is 3.27. The van der Waals surface area contributed by atoms with Crippen molar-refractivity contribution in [3.63, 3.8) is 0 Å². The zero-order chi connectivity index (χ0) is 14.4. The van der Waals surface area contributed by atoms with Gasteiger partial charge in [0.05, 0.1) is 6.61 Å². The molecule has 0 fully saturated rings. The molecule has 4 heteroatoms. The van der Waals surface area contributed by atoms with E-state index in [0.717, 1.165) is 44.3 Å². The number of hydrogen-bond donors (Lipinski definition) is 1. The second-order valence-corrected chi connectivity index (χ2v) is 5.34. The lowest BCUT2D eigenvalue weighted by molar-refractivity contribution is 0.127. The van der Waals surface area contributed by atoms with Gasteiger partial charge in [-0.3, -0.25) is 0 Å². The third-order valence-corrected chi connectivity index (χ3v) is 3.55. The Balaban J connectivity index is 2.20. The van der Waals surface area contributed by atoms with Crippen LogP contribution in [0.3, 0.4) is 0 Å². The smallest absolute Gasteiger partial charge is 0.0645 e. The minimum absolute atomic E-state index is 0.741. The summed E-state index contributed by atoms with van der Waals surface area (Å²) in [5.74, 6) is 0. The van der Waals surface area contributed by atoms with E-state index in [1.54, 1.807) is 0 Å². The fourth-order valence-corrected chi connectivity index (χ4v) is 2.50. The third-order valence-electron chi connectivity index (χ3n) is 3.32. The second kappa shape index (κ2) is 7.67. The minimum atomic E-state index is 0.741. The molecule has 1 aromatic heterocycles. The molecule has 3 nitrogen and oxygen atoms in total. The predicted octanol–water partition coefficient (Wildman–Crippen LogP) is 3.83. The Morgan fingerprint density at radius 1 is 1.25 bits per heavy atom. The maximum absolute atomic E-state index is 6.13. The quantitative estimate of drug-likeness (QED) is 0.749. The van der Waals surface area contributed by atoms with E-state index in [4.69, 9.17) is 16.3 Å². The first kappa shape index (κ1) is 15.4. The number of fused-ring (bicyclic) bond motifs is 1. The van der Waals surface area contributed by atoms with E-state index >= 15 is 0 Å². The molecule has 2 aromatic rings. The topological polar surface area (TPSA) is 26.2 Å². The number of nitrogens with one attached hydrogen (secondary N) is 1. The van der Waals surface area contributed by atoms with Crippen molar-refractivity contribution in [3.05, 3.63) is 35.0 Å². The van der Waals surface area contributed by atoms with Gasteiger partial charge in [0.15, 0.2) is 0 Å². The van der Waals surface area contributed by atoms with Crippen molar-refractivity contribution in [2.45, 2.75) is 33.4 Å². The highest BCUT2D eigenvalue weighted by molar-refractivity contribution is 6.31. The normalized spacial score (nSPS) is 11.3. The van der Waals surface area contributed by atoms with Gasteiger partial charge in [-0.15, -0.1) is 0 Å². The number of benzene rings is 1. The summed E-state index contributed by atoms with van der Waals surface area (Å²) in [4.78, 5) is 0. The van der Waals surface area contributed by atoms with Crippen molar-refractivity contribution in [2.24, 2.45) is 0 Å². The Bertz CT molecular complexity index is 551. The van der Waals surface area contributed by atoms with Gasteiger partial charge in [-0.25, -0.2) is 0 Å². The standard InChI is InChI=1S/C16H23ClN2O/c1-3-8-20-9-7-19-12-13(11-18-4-2)15-6-5-14(17)10-16(15)19/h5-6,10,12,18H,3-4,7-9,11H2,1-2H3. The van der Waals surface area contributed by atoms with E-state index < -0.39 is 0 Å². The van der Waals surface area contributed by atoms with E-state index in [1.165, 1.54) is 16.5 Å². The van der Waals surface area contributed by atoms with Crippen molar-refractivity contribution in [3.8, 4) is 0 Å². The molecule has 1 N–H and O–H groups in total. The Hall–Kier alpha value is -1.03. The second-order valence-electron chi connectivity index (χ2n) is 4.90. The summed E-state index contributed by atoms with van der Waals surface area (Å²) in [6, 6.07) is 6.09. The lowest BCUT2D eigenvalue weighted by Crippen LogP contribution is -2.11. The lowest BCUT2D eigenvalue weighted by Gasteiger charge is -2.06. The molecule has 1 heterocycles. The van der Waals surface area contributed by atoms with Gasteiger partial charge in [-0.1, -0.05) is 31.5 Å². The van der Waals surface area contributed by atoms with Gasteiger partial charge in [-0.05, 0) is 30.7 Å². The highest BCUT2D eigenvalue weighted by Crippen LogP contribution is 2.24. The molecule has 0 unspecified atom stereocenters. The van der Waals surface area contributed by atoms with Crippen LogP contribution in [0.2, 0.25) is 5.02 Å². The Morgan fingerprint density at radius 3 is 2.85 bits per heavy atom. The van der Waals surface area contributed by atoms with Gasteiger partial charge >= 0.3 is 0 Å².